The topological polar surface area (TPSA) is 28.2 Å². The molecule has 1 aliphatic rings. The molecule has 1 saturated heterocycles. The van der Waals surface area contributed by atoms with Crippen LogP contribution in [0.1, 0.15) is 70.4 Å². The lowest BCUT2D eigenvalue weighted by molar-refractivity contribution is 0.147. The Morgan fingerprint density at radius 1 is 1.24 bits per heavy atom. The monoisotopic (exact) mass is 289 g/mol. The number of pyridine rings is 1. The summed E-state index contributed by atoms with van der Waals surface area (Å²) in [5.74, 6) is 1.11. The Morgan fingerprint density at radius 3 is 2.90 bits per heavy atom. The Kier molecular flexibility index (Phi) is 7.01. The van der Waals surface area contributed by atoms with Crippen molar-refractivity contribution in [3.05, 3.63) is 23.9 Å². The lowest BCUT2D eigenvalue weighted by Crippen LogP contribution is -2.34. The zero-order chi connectivity index (χ0) is 14.9. The second kappa shape index (κ2) is 9.04. The average molecular weight is 289 g/mol. The van der Waals surface area contributed by atoms with Gasteiger partial charge in [-0.1, -0.05) is 39.2 Å². The van der Waals surface area contributed by atoms with Gasteiger partial charge in [-0.25, -0.2) is 4.98 Å². The van der Waals surface area contributed by atoms with Crippen LogP contribution in [-0.2, 0) is 0 Å². The first-order chi connectivity index (χ1) is 10.4. The molecule has 2 rings (SSSR count). The van der Waals surface area contributed by atoms with E-state index in [2.05, 4.69) is 41.2 Å². The molecule has 2 heterocycles. The molecule has 1 aliphatic heterocycles. The van der Waals surface area contributed by atoms with Gasteiger partial charge in [-0.3, -0.25) is 4.90 Å². The van der Waals surface area contributed by atoms with Crippen molar-refractivity contribution in [1.29, 1.82) is 0 Å². The molecule has 0 saturated carbocycles. The number of anilines is 1. The maximum Gasteiger partial charge on any atom is 0.130 e. The van der Waals surface area contributed by atoms with Crippen molar-refractivity contribution in [1.82, 2.24) is 9.88 Å². The van der Waals surface area contributed by atoms with Gasteiger partial charge in [0.05, 0.1) is 0 Å². The SMILES string of the molecule is CCCCNc1ncccc1[C@H]1CCCCN1CCCC. The van der Waals surface area contributed by atoms with Crippen LogP contribution in [0.3, 0.4) is 0 Å². The molecule has 1 N–H and O–H groups in total. The summed E-state index contributed by atoms with van der Waals surface area (Å²) in [6.07, 6.45) is 10.9. The molecule has 0 bridgehead atoms. The first-order valence-electron chi connectivity index (χ1n) is 8.79. The lowest BCUT2D eigenvalue weighted by Gasteiger charge is -2.36. The van der Waals surface area contributed by atoms with Gasteiger partial charge in [0.2, 0.25) is 0 Å². The summed E-state index contributed by atoms with van der Waals surface area (Å²) in [6, 6.07) is 4.92. The van der Waals surface area contributed by atoms with Gasteiger partial charge in [0.25, 0.3) is 0 Å². The van der Waals surface area contributed by atoms with Crippen LogP contribution < -0.4 is 5.32 Å². The standard InChI is InChI=1S/C18H31N3/c1-3-5-12-19-18-16(10-9-13-20-18)17-11-7-8-15-21(17)14-6-4-2/h9-10,13,17H,3-8,11-12,14-15H2,1-2H3,(H,19,20)/t17-/m1/s1. The first kappa shape index (κ1) is 16.3. The summed E-state index contributed by atoms with van der Waals surface area (Å²) in [6.45, 7) is 8.01. The van der Waals surface area contributed by atoms with Gasteiger partial charge in [0, 0.05) is 24.3 Å². The molecule has 0 amide bonds. The highest BCUT2D eigenvalue weighted by Gasteiger charge is 2.25. The Hall–Kier alpha value is -1.09. The number of rotatable bonds is 8. The van der Waals surface area contributed by atoms with Crippen molar-refractivity contribution in [3.63, 3.8) is 0 Å². The van der Waals surface area contributed by atoms with Gasteiger partial charge in [-0.15, -0.1) is 0 Å². The van der Waals surface area contributed by atoms with Crippen molar-refractivity contribution >= 4 is 5.82 Å². The highest BCUT2D eigenvalue weighted by molar-refractivity contribution is 5.45. The Morgan fingerprint density at radius 2 is 2.10 bits per heavy atom. The van der Waals surface area contributed by atoms with Crippen molar-refractivity contribution < 1.29 is 0 Å². The van der Waals surface area contributed by atoms with Crippen molar-refractivity contribution in [2.24, 2.45) is 0 Å². The van der Waals surface area contributed by atoms with E-state index in [4.69, 9.17) is 0 Å². The number of aromatic nitrogens is 1. The fourth-order valence-corrected chi connectivity index (χ4v) is 3.19. The van der Waals surface area contributed by atoms with E-state index in [-0.39, 0.29) is 0 Å². The van der Waals surface area contributed by atoms with E-state index in [9.17, 15) is 0 Å². The van der Waals surface area contributed by atoms with Gasteiger partial charge >= 0.3 is 0 Å². The first-order valence-corrected chi connectivity index (χ1v) is 8.79. The molecule has 1 aromatic rings. The number of piperidine rings is 1. The molecule has 1 aromatic heterocycles. The summed E-state index contributed by atoms with van der Waals surface area (Å²) in [5.41, 5.74) is 1.41. The highest BCUT2D eigenvalue weighted by atomic mass is 15.2. The van der Waals surface area contributed by atoms with Crippen LogP contribution in [0.5, 0.6) is 0 Å². The molecule has 3 nitrogen and oxygen atoms in total. The number of nitrogens with one attached hydrogen (secondary N) is 1. The molecule has 3 heteroatoms. The van der Waals surface area contributed by atoms with Crippen LogP contribution in [0.15, 0.2) is 18.3 Å². The average Bonchev–Trinajstić information content (AvgIpc) is 2.54. The summed E-state index contributed by atoms with van der Waals surface area (Å²) >= 11 is 0. The molecular weight excluding hydrogens is 258 g/mol. The third kappa shape index (κ3) is 4.70. The predicted molar refractivity (Wildman–Crippen MR) is 90.7 cm³/mol. The van der Waals surface area contributed by atoms with Crippen LogP contribution in [0.2, 0.25) is 0 Å². The number of unbranched alkanes of at least 4 members (excludes halogenated alkanes) is 2. The van der Waals surface area contributed by atoms with Gasteiger partial charge in [-0.05, 0) is 44.8 Å². The number of hydrogen-bond donors (Lipinski definition) is 1. The zero-order valence-corrected chi connectivity index (χ0v) is 13.8. The van der Waals surface area contributed by atoms with Crippen LogP contribution in [-0.4, -0.2) is 29.5 Å². The molecule has 118 valence electrons. The predicted octanol–water partition coefficient (Wildman–Crippen LogP) is 4.62. The van der Waals surface area contributed by atoms with Gasteiger partial charge in [0.15, 0.2) is 0 Å². The molecule has 1 fully saturated rings. The third-order valence-corrected chi connectivity index (χ3v) is 4.43. The van der Waals surface area contributed by atoms with E-state index >= 15 is 0 Å². The number of nitrogens with zero attached hydrogens (tertiary/aromatic N) is 2. The van der Waals surface area contributed by atoms with Crippen molar-refractivity contribution in [2.45, 2.75) is 64.8 Å². The van der Waals surface area contributed by atoms with Crippen LogP contribution in [0.4, 0.5) is 5.82 Å². The lowest BCUT2D eigenvalue weighted by atomic mass is 9.95. The number of hydrogen-bond acceptors (Lipinski definition) is 3. The Balaban J connectivity index is 2.09. The van der Waals surface area contributed by atoms with Gasteiger partial charge < -0.3 is 5.32 Å². The highest BCUT2D eigenvalue weighted by Crippen LogP contribution is 2.34. The largest absolute Gasteiger partial charge is 0.370 e. The van der Waals surface area contributed by atoms with Crippen molar-refractivity contribution in [2.75, 3.05) is 25.0 Å². The summed E-state index contributed by atoms with van der Waals surface area (Å²) in [7, 11) is 0. The number of likely N-dealkylation sites (tertiary alicyclic amines) is 1. The van der Waals surface area contributed by atoms with E-state index in [0.717, 1.165) is 12.4 Å². The normalized spacial score (nSPS) is 19.6. The zero-order valence-electron chi connectivity index (χ0n) is 13.8. The molecule has 0 radical (unpaired) electrons. The van der Waals surface area contributed by atoms with Crippen LogP contribution >= 0.6 is 0 Å². The molecule has 0 unspecified atom stereocenters. The minimum Gasteiger partial charge on any atom is -0.370 e. The van der Waals surface area contributed by atoms with E-state index in [0.29, 0.717) is 6.04 Å². The minimum absolute atomic E-state index is 0.558. The minimum atomic E-state index is 0.558. The van der Waals surface area contributed by atoms with E-state index in [1.165, 1.54) is 63.6 Å². The van der Waals surface area contributed by atoms with Crippen LogP contribution in [0.25, 0.3) is 0 Å². The van der Waals surface area contributed by atoms with E-state index < -0.39 is 0 Å². The molecule has 0 aliphatic carbocycles. The summed E-state index contributed by atoms with van der Waals surface area (Å²) in [5, 5.41) is 3.55. The summed E-state index contributed by atoms with van der Waals surface area (Å²) < 4.78 is 0. The van der Waals surface area contributed by atoms with E-state index in [1.54, 1.807) is 0 Å². The second-order valence-electron chi connectivity index (χ2n) is 6.12. The fourth-order valence-electron chi connectivity index (χ4n) is 3.19. The van der Waals surface area contributed by atoms with Crippen LogP contribution in [0, 0.1) is 0 Å². The molecule has 21 heavy (non-hydrogen) atoms. The smallest absolute Gasteiger partial charge is 0.130 e. The molecule has 0 aromatic carbocycles. The van der Waals surface area contributed by atoms with Gasteiger partial charge in [-0.2, -0.15) is 0 Å². The Bertz CT molecular complexity index is 405. The quantitative estimate of drug-likeness (QED) is 0.708. The molecule has 0 spiro atoms. The second-order valence-corrected chi connectivity index (χ2v) is 6.12. The third-order valence-electron chi connectivity index (χ3n) is 4.43. The summed E-state index contributed by atoms with van der Waals surface area (Å²) in [4.78, 5) is 7.28. The molecular formula is C18H31N3. The molecule has 1 atom stereocenters. The van der Waals surface area contributed by atoms with Crippen molar-refractivity contribution in [3.8, 4) is 0 Å². The van der Waals surface area contributed by atoms with E-state index in [1.807, 2.05) is 6.20 Å². The Labute approximate surface area is 130 Å². The van der Waals surface area contributed by atoms with Gasteiger partial charge in [0.1, 0.15) is 5.82 Å². The maximum atomic E-state index is 4.60. The maximum absolute atomic E-state index is 4.60. The fraction of sp³-hybridized carbons (Fsp3) is 0.722.